The average Bonchev–Trinajstić information content (AvgIpc) is 2.59. The molecule has 100 valence electrons. The SMILES string of the molecule is CC1(C)[C@H]2CC[C@@]1(C)[C@H](OC(=O)/C=C\C(=O)O)C2. The van der Waals surface area contributed by atoms with Gasteiger partial charge in [-0.05, 0) is 30.6 Å². The summed E-state index contributed by atoms with van der Waals surface area (Å²) in [5.74, 6) is -1.08. The summed E-state index contributed by atoms with van der Waals surface area (Å²) in [5.41, 5.74) is 0.207. The Morgan fingerprint density at radius 1 is 1.28 bits per heavy atom. The number of rotatable bonds is 3. The third-order valence-corrected chi connectivity index (χ3v) is 5.33. The van der Waals surface area contributed by atoms with E-state index in [9.17, 15) is 9.59 Å². The van der Waals surface area contributed by atoms with E-state index in [2.05, 4.69) is 20.8 Å². The van der Waals surface area contributed by atoms with Crippen molar-refractivity contribution in [3.8, 4) is 0 Å². The molecule has 0 saturated heterocycles. The molecule has 2 rings (SSSR count). The van der Waals surface area contributed by atoms with Gasteiger partial charge in [-0.25, -0.2) is 9.59 Å². The van der Waals surface area contributed by atoms with Gasteiger partial charge < -0.3 is 9.84 Å². The van der Waals surface area contributed by atoms with E-state index in [1.165, 1.54) is 6.42 Å². The van der Waals surface area contributed by atoms with Gasteiger partial charge >= 0.3 is 11.9 Å². The van der Waals surface area contributed by atoms with Crippen LogP contribution in [0.3, 0.4) is 0 Å². The Kier molecular flexibility index (Phi) is 2.99. The van der Waals surface area contributed by atoms with E-state index in [0.29, 0.717) is 5.92 Å². The smallest absolute Gasteiger partial charge is 0.331 e. The zero-order valence-corrected chi connectivity index (χ0v) is 11.1. The van der Waals surface area contributed by atoms with E-state index in [1.54, 1.807) is 0 Å². The van der Waals surface area contributed by atoms with Crippen LogP contribution in [0.25, 0.3) is 0 Å². The van der Waals surface area contributed by atoms with Crippen LogP contribution in [0.4, 0.5) is 0 Å². The van der Waals surface area contributed by atoms with Crippen molar-refractivity contribution in [3.05, 3.63) is 12.2 Å². The van der Waals surface area contributed by atoms with Gasteiger partial charge in [0, 0.05) is 17.6 Å². The second-order valence-corrected chi connectivity index (χ2v) is 6.21. The predicted molar refractivity (Wildman–Crippen MR) is 65.9 cm³/mol. The summed E-state index contributed by atoms with van der Waals surface area (Å²) in [7, 11) is 0. The van der Waals surface area contributed by atoms with Crippen molar-refractivity contribution in [2.75, 3.05) is 0 Å². The van der Waals surface area contributed by atoms with Gasteiger partial charge in [0.05, 0.1) is 0 Å². The number of carbonyl (C=O) groups excluding carboxylic acids is 1. The molecule has 0 aliphatic heterocycles. The van der Waals surface area contributed by atoms with Gasteiger partial charge in [-0.1, -0.05) is 20.8 Å². The standard InChI is InChI=1S/C14H20O4/c1-13(2)9-6-7-14(13,3)10(8-9)18-12(17)5-4-11(15)16/h4-5,9-10H,6-8H2,1-3H3,(H,15,16)/b5-4-/t9-,10+,14-/m0/s1. The summed E-state index contributed by atoms with van der Waals surface area (Å²) in [6.07, 6.45) is 4.90. The zero-order chi connectivity index (χ0) is 13.6. The summed E-state index contributed by atoms with van der Waals surface area (Å²) in [6, 6.07) is 0. The summed E-state index contributed by atoms with van der Waals surface area (Å²) in [6.45, 7) is 6.66. The third-order valence-electron chi connectivity index (χ3n) is 5.33. The highest BCUT2D eigenvalue weighted by Gasteiger charge is 2.62. The average molecular weight is 252 g/mol. The monoisotopic (exact) mass is 252 g/mol. The molecule has 0 spiro atoms. The van der Waals surface area contributed by atoms with E-state index in [-0.39, 0.29) is 16.9 Å². The highest BCUT2D eigenvalue weighted by molar-refractivity contribution is 5.90. The minimum atomic E-state index is -1.13. The molecule has 4 heteroatoms. The number of carboxylic acids is 1. The van der Waals surface area contributed by atoms with Gasteiger partial charge in [0.25, 0.3) is 0 Å². The van der Waals surface area contributed by atoms with Crippen molar-refractivity contribution >= 4 is 11.9 Å². The van der Waals surface area contributed by atoms with Crippen LogP contribution >= 0.6 is 0 Å². The number of esters is 1. The van der Waals surface area contributed by atoms with E-state index in [1.807, 2.05) is 0 Å². The Hall–Kier alpha value is -1.32. The molecule has 4 nitrogen and oxygen atoms in total. The number of aliphatic carboxylic acids is 1. The molecule has 2 aliphatic carbocycles. The first kappa shape index (κ1) is 13.1. The first-order valence-electron chi connectivity index (χ1n) is 6.39. The molecule has 2 saturated carbocycles. The Labute approximate surface area is 107 Å². The number of fused-ring (bicyclic) bond motifs is 2. The van der Waals surface area contributed by atoms with Crippen molar-refractivity contribution in [1.29, 1.82) is 0 Å². The maximum atomic E-state index is 11.6. The molecule has 2 fully saturated rings. The number of ether oxygens (including phenoxy) is 1. The van der Waals surface area contributed by atoms with Crippen molar-refractivity contribution in [1.82, 2.24) is 0 Å². The van der Waals surface area contributed by atoms with Crippen molar-refractivity contribution in [3.63, 3.8) is 0 Å². The molecule has 18 heavy (non-hydrogen) atoms. The molecule has 1 N–H and O–H groups in total. The Bertz CT molecular complexity index is 410. The van der Waals surface area contributed by atoms with Crippen molar-refractivity contribution in [2.24, 2.45) is 16.7 Å². The topological polar surface area (TPSA) is 63.6 Å². The van der Waals surface area contributed by atoms with Crippen molar-refractivity contribution in [2.45, 2.75) is 46.1 Å². The third kappa shape index (κ3) is 1.84. The normalized spacial score (nSPS) is 37.1. The van der Waals surface area contributed by atoms with Crippen LogP contribution in [0.2, 0.25) is 0 Å². The van der Waals surface area contributed by atoms with Crippen LogP contribution in [-0.2, 0) is 14.3 Å². The molecule has 0 unspecified atom stereocenters. The van der Waals surface area contributed by atoms with E-state index in [4.69, 9.17) is 9.84 Å². The maximum absolute atomic E-state index is 11.6. The zero-order valence-electron chi connectivity index (χ0n) is 11.1. The minimum absolute atomic E-state index is 0.0182. The molecule has 0 aromatic rings. The van der Waals surface area contributed by atoms with Crippen LogP contribution < -0.4 is 0 Å². The second-order valence-electron chi connectivity index (χ2n) is 6.21. The molecule has 3 atom stereocenters. The molecule has 0 aromatic carbocycles. The lowest BCUT2D eigenvalue weighted by Crippen LogP contribution is -2.38. The summed E-state index contributed by atoms with van der Waals surface area (Å²) < 4.78 is 5.45. The fourth-order valence-electron chi connectivity index (χ4n) is 3.63. The molecular weight excluding hydrogens is 232 g/mol. The summed E-state index contributed by atoms with van der Waals surface area (Å²) in [5, 5.41) is 8.47. The lowest BCUT2D eigenvalue weighted by molar-refractivity contribution is -0.151. The van der Waals surface area contributed by atoms with Crippen molar-refractivity contribution < 1.29 is 19.4 Å². The Morgan fingerprint density at radius 3 is 2.39 bits per heavy atom. The number of carboxylic acid groups (broad SMARTS) is 1. The predicted octanol–water partition coefficient (Wildman–Crippen LogP) is 2.39. The summed E-state index contributed by atoms with van der Waals surface area (Å²) >= 11 is 0. The lowest BCUT2D eigenvalue weighted by Gasteiger charge is -2.38. The molecule has 0 radical (unpaired) electrons. The fraction of sp³-hybridized carbons (Fsp3) is 0.714. The Balaban J connectivity index is 2.05. The first-order valence-corrected chi connectivity index (χ1v) is 6.39. The number of hydrogen-bond acceptors (Lipinski definition) is 3. The van der Waals surface area contributed by atoms with Gasteiger partial charge in [0.2, 0.25) is 0 Å². The van der Waals surface area contributed by atoms with Gasteiger partial charge in [-0.2, -0.15) is 0 Å². The maximum Gasteiger partial charge on any atom is 0.331 e. The first-order chi connectivity index (χ1) is 8.27. The minimum Gasteiger partial charge on any atom is -0.478 e. The largest absolute Gasteiger partial charge is 0.478 e. The van der Waals surface area contributed by atoms with Crippen LogP contribution in [0, 0.1) is 16.7 Å². The highest BCUT2D eigenvalue weighted by atomic mass is 16.5. The Morgan fingerprint density at radius 2 is 1.94 bits per heavy atom. The molecule has 0 heterocycles. The number of carbonyl (C=O) groups is 2. The lowest BCUT2D eigenvalue weighted by atomic mass is 9.70. The van der Waals surface area contributed by atoms with Crippen LogP contribution in [0.5, 0.6) is 0 Å². The quantitative estimate of drug-likeness (QED) is 0.618. The van der Waals surface area contributed by atoms with Gasteiger partial charge in [-0.15, -0.1) is 0 Å². The fourth-order valence-corrected chi connectivity index (χ4v) is 3.63. The van der Waals surface area contributed by atoms with E-state index >= 15 is 0 Å². The molecule has 0 amide bonds. The van der Waals surface area contributed by atoms with Gasteiger partial charge in [0.15, 0.2) is 0 Å². The van der Waals surface area contributed by atoms with E-state index < -0.39 is 11.9 Å². The van der Waals surface area contributed by atoms with Gasteiger partial charge in [0.1, 0.15) is 6.10 Å². The molecule has 2 bridgehead atoms. The molecular formula is C14H20O4. The second kappa shape index (κ2) is 4.11. The van der Waals surface area contributed by atoms with Gasteiger partial charge in [-0.3, -0.25) is 0 Å². The highest BCUT2D eigenvalue weighted by Crippen LogP contribution is 2.66. The number of hydrogen-bond donors (Lipinski definition) is 1. The van der Waals surface area contributed by atoms with E-state index in [0.717, 1.165) is 25.0 Å². The van der Waals surface area contributed by atoms with Crippen LogP contribution in [0.15, 0.2) is 12.2 Å². The van der Waals surface area contributed by atoms with Crippen LogP contribution in [0.1, 0.15) is 40.0 Å². The summed E-state index contributed by atoms with van der Waals surface area (Å²) in [4.78, 5) is 21.9. The molecule has 0 aromatic heterocycles. The van der Waals surface area contributed by atoms with Crippen LogP contribution in [-0.4, -0.2) is 23.1 Å². The molecule has 2 aliphatic rings.